The topological polar surface area (TPSA) is 33.7 Å². The minimum atomic E-state index is 0.506. The van der Waals surface area contributed by atoms with Crippen LogP contribution < -0.4 is 14.8 Å². The lowest BCUT2D eigenvalue weighted by Crippen LogP contribution is -2.55. The number of ether oxygens (including phenoxy) is 2. The van der Waals surface area contributed by atoms with Crippen molar-refractivity contribution in [1.82, 2.24) is 10.2 Å². The van der Waals surface area contributed by atoms with Crippen LogP contribution in [0.15, 0.2) is 42.5 Å². The van der Waals surface area contributed by atoms with Gasteiger partial charge in [0.15, 0.2) is 11.5 Å². The summed E-state index contributed by atoms with van der Waals surface area (Å²) >= 11 is 6.33. The molecule has 144 valence electrons. The third kappa shape index (κ3) is 4.40. The van der Waals surface area contributed by atoms with Gasteiger partial charge in [-0.15, -0.1) is 0 Å². The number of hydrogen-bond donors (Lipinski definition) is 1. The Balaban J connectivity index is 1.49. The molecule has 1 unspecified atom stereocenters. The molecule has 3 saturated heterocycles. The minimum absolute atomic E-state index is 0.506. The number of benzene rings is 2. The van der Waals surface area contributed by atoms with Crippen LogP contribution in [0.5, 0.6) is 11.5 Å². The zero-order valence-corrected chi connectivity index (χ0v) is 16.5. The lowest BCUT2D eigenvalue weighted by Gasteiger charge is -2.45. The van der Waals surface area contributed by atoms with Crippen LogP contribution in [0.4, 0.5) is 0 Å². The summed E-state index contributed by atoms with van der Waals surface area (Å²) in [6.45, 7) is 4.88. The highest BCUT2D eigenvalue weighted by molar-refractivity contribution is 6.30. The Hall–Kier alpha value is -1.75. The van der Waals surface area contributed by atoms with Crippen LogP contribution in [0.1, 0.15) is 24.0 Å². The largest absolute Gasteiger partial charge is 0.493 e. The second kappa shape index (κ2) is 8.51. The zero-order chi connectivity index (χ0) is 18.6. The Kier molecular flexibility index (Phi) is 5.86. The summed E-state index contributed by atoms with van der Waals surface area (Å²) < 4.78 is 11.7. The van der Waals surface area contributed by atoms with E-state index in [1.54, 1.807) is 7.11 Å². The summed E-state index contributed by atoms with van der Waals surface area (Å²) in [4.78, 5) is 2.56. The maximum absolute atomic E-state index is 6.33. The fourth-order valence-corrected chi connectivity index (χ4v) is 4.47. The molecule has 0 amide bonds. The second-order valence-corrected chi connectivity index (χ2v) is 7.93. The van der Waals surface area contributed by atoms with Crippen LogP contribution in [0.2, 0.25) is 5.02 Å². The molecule has 3 heterocycles. The normalized spacial score (nSPS) is 24.0. The van der Waals surface area contributed by atoms with Crippen LogP contribution in [0.3, 0.4) is 0 Å². The molecule has 2 aromatic rings. The molecule has 2 aromatic carbocycles. The van der Waals surface area contributed by atoms with Crippen LogP contribution >= 0.6 is 11.6 Å². The maximum atomic E-state index is 6.33. The van der Waals surface area contributed by atoms with Crippen molar-refractivity contribution >= 4 is 11.6 Å². The van der Waals surface area contributed by atoms with Gasteiger partial charge in [0, 0.05) is 35.8 Å². The van der Waals surface area contributed by atoms with Crippen molar-refractivity contribution in [2.75, 3.05) is 26.7 Å². The maximum Gasteiger partial charge on any atom is 0.166 e. The first-order chi connectivity index (χ1) is 13.2. The highest BCUT2D eigenvalue weighted by atomic mass is 35.5. The molecule has 1 N–H and O–H groups in total. The Labute approximate surface area is 166 Å². The molecule has 2 bridgehead atoms. The van der Waals surface area contributed by atoms with Crippen molar-refractivity contribution in [1.29, 1.82) is 0 Å². The van der Waals surface area contributed by atoms with E-state index in [0.29, 0.717) is 23.4 Å². The average molecular weight is 387 g/mol. The molecule has 3 aliphatic heterocycles. The van der Waals surface area contributed by atoms with Crippen molar-refractivity contribution in [2.45, 2.75) is 32.0 Å². The molecule has 0 aliphatic carbocycles. The predicted octanol–water partition coefficient (Wildman–Crippen LogP) is 4.11. The van der Waals surface area contributed by atoms with E-state index in [1.807, 2.05) is 30.3 Å². The Morgan fingerprint density at radius 3 is 2.59 bits per heavy atom. The van der Waals surface area contributed by atoms with E-state index < -0.39 is 0 Å². The lowest BCUT2D eigenvalue weighted by atomic mass is 9.84. The van der Waals surface area contributed by atoms with E-state index in [0.717, 1.165) is 35.9 Å². The molecule has 3 fully saturated rings. The number of fused-ring (bicyclic) bond motifs is 3. The minimum Gasteiger partial charge on any atom is -0.493 e. The highest BCUT2D eigenvalue weighted by Gasteiger charge is 2.33. The highest BCUT2D eigenvalue weighted by Crippen LogP contribution is 2.36. The van der Waals surface area contributed by atoms with E-state index in [-0.39, 0.29) is 0 Å². The summed E-state index contributed by atoms with van der Waals surface area (Å²) in [6, 6.07) is 14.5. The molecular formula is C22H27ClN2O2. The van der Waals surface area contributed by atoms with Gasteiger partial charge < -0.3 is 19.7 Å². The van der Waals surface area contributed by atoms with E-state index in [1.165, 1.54) is 25.9 Å². The number of nitrogens with one attached hydrogen (secondary N) is 1. The first-order valence-corrected chi connectivity index (χ1v) is 10.1. The van der Waals surface area contributed by atoms with Gasteiger partial charge in [-0.25, -0.2) is 0 Å². The molecular weight excluding hydrogens is 360 g/mol. The SMILES string of the molecule is COc1cc(Cl)cc(CNC2CN3CCC2CC3)c1OCc1ccccc1. The van der Waals surface area contributed by atoms with Crippen molar-refractivity contribution in [2.24, 2.45) is 5.92 Å². The quantitative estimate of drug-likeness (QED) is 0.776. The molecule has 0 saturated carbocycles. The van der Waals surface area contributed by atoms with Gasteiger partial charge in [-0.3, -0.25) is 0 Å². The summed E-state index contributed by atoms with van der Waals surface area (Å²) in [5, 5.41) is 4.42. The van der Waals surface area contributed by atoms with Crippen LogP contribution in [-0.2, 0) is 13.2 Å². The number of piperidine rings is 3. The van der Waals surface area contributed by atoms with E-state index >= 15 is 0 Å². The summed E-state index contributed by atoms with van der Waals surface area (Å²) in [7, 11) is 1.66. The van der Waals surface area contributed by atoms with Crippen LogP contribution in [0.25, 0.3) is 0 Å². The molecule has 3 aliphatic rings. The molecule has 0 aromatic heterocycles. The Morgan fingerprint density at radius 1 is 1.15 bits per heavy atom. The summed E-state index contributed by atoms with van der Waals surface area (Å²) in [5.41, 5.74) is 2.18. The van der Waals surface area contributed by atoms with Crippen molar-refractivity contribution in [3.8, 4) is 11.5 Å². The number of hydrogen-bond acceptors (Lipinski definition) is 4. The Morgan fingerprint density at radius 2 is 1.93 bits per heavy atom. The standard InChI is InChI=1S/C22H27ClN2O2/c1-26-21-12-19(23)11-18(22(21)27-15-16-5-3-2-4-6-16)13-24-20-14-25-9-7-17(20)8-10-25/h2-6,11-12,17,20,24H,7-10,13-15H2,1H3. The zero-order valence-electron chi connectivity index (χ0n) is 15.8. The van der Waals surface area contributed by atoms with Crippen molar-refractivity contribution in [3.05, 3.63) is 58.6 Å². The van der Waals surface area contributed by atoms with Gasteiger partial charge in [0.25, 0.3) is 0 Å². The Bertz CT molecular complexity index is 760. The number of rotatable bonds is 7. The molecule has 5 heteroatoms. The van der Waals surface area contributed by atoms with Crippen LogP contribution in [0, 0.1) is 5.92 Å². The monoisotopic (exact) mass is 386 g/mol. The molecule has 4 nitrogen and oxygen atoms in total. The van der Waals surface area contributed by atoms with Gasteiger partial charge in [-0.2, -0.15) is 0 Å². The number of methoxy groups -OCH3 is 1. The predicted molar refractivity (Wildman–Crippen MR) is 109 cm³/mol. The fraction of sp³-hybridized carbons (Fsp3) is 0.455. The average Bonchev–Trinajstić information content (AvgIpc) is 2.72. The van der Waals surface area contributed by atoms with Crippen LogP contribution in [-0.4, -0.2) is 37.7 Å². The first-order valence-electron chi connectivity index (χ1n) is 9.72. The van der Waals surface area contributed by atoms with Gasteiger partial charge in [0.05, 0.1) is 7.11 Å². The van der Waals surface area contributed by atoms with Crippen molar-refractivity contribution in [3.63, 3.8) is 0 Å². The molecule has 0 radical (unpaired) electrons. The number of halogens is 1. The summed E-state index contributed by atoms with van der Waals surface area (Å²) in [6.07, 6.45) is 2.60. The molecule has 5 rings (SSSR count). The van der Waals surface area contributed by atoms with E-state index in [9.17, 15) is 0 Å². The van der Waals surface area contributed by atoms with Gasteiger partial charge in [0.2, 0.25) is 0 Å². The van der Waals surface area contributed by atoms with Gasteiger partial charge >= 0.3 is 0 Å². The van der Waals surface area contributed by atoms with Gasteiger partial charge in [-0.1, -0.05) is 41.9 Å². The smallest absolute Gasteiger partial charge is 0.166 e. The second-order valence-electron chi connectivity index (χ2n) is 7.50. The first kappa shape index (κ1) is 18.6. The van der Waals surface area contributed by atoms with Gasteiger partial charge in [0.1, 0.15) is 6.61 Å². The van der Waals surface area contributed by atoms with E-state index in [2.05, 4.69) is 22.3 Å². The fourth-order valence-electron chi connectivity index (χ4n) is 4.24. The summed E-state index contributed by atoms with van der Waals surface area (Å²) in [5.74, 6) is 2.24. The van der Waals surface area contributed by atoms with Crippen molar-refractivity contribution < 1.29 is 9.47 Å². The third-order valence-electron chi connectivity index (χ3n) is 5.75. The van der Waals surface area contributed by atoms with E-state index in [4.69, 9.17) is 21.1 Å². The lowest BCUT2D eigenvalue weighted by molar-refractivity contribution is 0.0718. The molecule has 0 spiro atoms. The molecule has 1 atom stereocenters. The number of nitrogens with zero attached hydrogens (tertiary/aromatic N) is 1. The van der Waals surface area contributed by atoms with Gasteiger partial charge in [-0.05, 0) is 43.5 Å². The molecule has 27 heavy (non-hydrogen) atoms. The third-order valence-corrected chi connectivity index (χ3v) is 5.97.